The number of nitrogens with zero attached hydrogens (tertiary/aromatic N) is 4. The molecule has 0 radical (unpaired) electrons. The number of aromatic nitrogens is 1. The molecule has 8 nitrogen and oxygen atoms in total. The van der Waals surface area contributed by atoms with Gasteiger partial charge in [-0.15, -0.1) is 5.06 Å². The Kier molecular flexibility index (Phi) is 5.20. The van der Waals surface area contributed by atoms with E-state index >= 15 is 0 Å². The first-order valence-electron chi connectivity index (χ1n) is 7.21. The van der Waals surface area contributed by atoms with E-state index in [9.17, 15) is 14.9 Å². The second kappa shape index (κ2) is 6.79. The molecule has 0 aromatic carbocycles. The lowest BCUT2D eigenvalue weighted by atomic mass is 9.98. The highest BCUT2D eigenvalue weighted by Gasteiger charge is 2.28. The van der Waals surface area contributed by atoms with Crippen LogP contribution in [0.15, 0.2) is 16.7 Å². The van der Waals surface area contributed by atoms with Crippen molar-refractivity contribution < 1.29 is 14.6 Å². The first-order chi connectivity index (χ1) is 10.7. The van der Waals surface area contributed by atoms with Crippen LogP contribution in [-0.2, 0) is 9.63 Å². The number of anilines is 1. The van der Waals surface area contributed by atoms with Crippen molar-refractivity contribution in [3.05, 3.63) is 26.9 Å². The Morgan fingerprint density at radius 3 is 2.43 bits per heavy atom. The Labute approximate surface area is 142 Å². The molecule has 23 heavy (non-hydrogen) atoms. The number of hydrogen-bond acceptors (Lipinski definition) is 7. The van der Waals surface area contributed by atoms with Crippen molar-refractivity contribution in [2.75, 3.05) is 31.1 Å². The van der Waals surface area contributed by atoms with Gasteiger partial charge in [0.15, 0.2) is 0 Å². The van der Waals surface area contributed by atoms with Gasteiger partial charge in [-0.05, 0) is 36.7 Å². The maximum atomic E-state index is 11.9. The fraction of sp³-hybridized carbons (Fsp3) is 0.571. The van der Waals surface area contributed by atoms with Crippen LogP contribution in [0, 0.1) is 15.5 Å². The summed E-state index contributed by atoms with van der Waals surface area (Å²) in [6.45, 7) is 7.58. The molecule has 126 valence electrons. The summed E-state index contributed by atoms with van der Waals surface area (Å²) in [5.74, 6) is 0.259. The molecule has 0 saturated carbocycles. The average molecular weight is 387 g/mol. The van der Waals surface area contributed by atoms with E-state index < -0.39 is 10.3 Å². The molecule has 0 aliphatic carbocycles. The summed E-state index contributed by atoms with van der Waals surface area (Å²) in [6, 6.07) is 2.81. The molecule has 1 aromatic rings. The maximum Gasteiger partial charge on any atom is 0.330 e. The van der Waals surface area contributed by atoms with Crippen LogP contribution in [0.4, 0.5) is 11.5 Å². The monoisotopic (exact) mass is 386 g/mol. The lowest BCUT2D eigenvalue weighted by Gasteiger charge is -2.35. The van der Waals surface area contributed by atoms with Gasteiger partial charge in [0.25, 0.3) is 5.69 Å². The normalized spacial score (nSPS) is 16.3. The molecule has 1 aromatic heterocycles. The van der Waals surface area contributed by atoms with Gasteiger partial charge in [-0.2, -0.15) is 0 Å². The third-order valence-electron chi connectivity index (χ3n) is 3.36. The largest absolute Gasteiger partial charge is 0.367 e. The molecule has 0 spiro atoms. The minimum Gasteiger partial charge on any atom is -0.367 e. The molecule has 1 aliphatic heterocycles. The van der Waals surface area contributed by atoms with Crippen LogP contribution in [0.2, 0.25) is 0 Å². The molecular weight excluding hydrogens is 368 g/mol. The first-order valence-corrected chi connectivity index (χ1v) is 8.00. The van der Waals surface area contributed by atoms with Crippen molar-refractivity contribution in [3.63, 3.8) is 0 Å². The number of carbonyl (C=O) groups is 1. The molecule has 0 atom stereocenters. The maximum absolute atomic E-state index is 11.9. The van der Waals surface area contributed by atoms with Gasteiger partial charge in [-0.25, -0.2) is 9.78 Å². The topological polar surface area (TPSA) is 88.8 Å². The van der Waals surface area contributed by atoms with E-state index in [1.165, 1.54) is 12.1 Å². The summed E-state index contributed by atoms with van der Waals surface area (Å²) < 4.78 is 0.420. The van der Waals surface area contributed by atoms with E-state index in [0.29, 0.717) is 36.6 Å². The van der Waals surface area contributed by atoms with Crippen molar-refractivity contribution >= 4 is 33.4 Å². The van der Waals surface area contributed by atoms with Crippen molar-refractivity contribution in [3.8, 4) is 0 Å². The Hall–Kier alpha value is -1.74. The highest BCUT2D eigenvalue weighted by molar-refractivity contribution is 9.10. The van der Waals surface area contributed by atoms with Gasteiger partial charge in [0.1, 0.15) is 10.4 Å². The Morgan fingerprint density at radius 2 is 1.91 bits per heavy atom. The van der Waals surface area contributed by atoms with Crippen LogP contribution in [0.5, 0.6) is 0 Å². The second-order valence-corrected chi connectivity index (χ2v) is 7.12. The van der Waals surface area contributed by atoms with Crippen molar-refractivity contribution in [1.29, 1.82) is 0 Å². The molecule has 0 bridgehead atoms. The molecule has 0 N–H and O–H groups in total. The summed E-state index contributed by atoms with van der Waals surface area (Å²) in [7, 11) is 0. The number of carbonyl (C=O) groups excluding carboxylic acids is 1. The van der Waals surface area contributed by atoms with E-state index in [2.05, 4.69) is 20.9 Å². The number of piperazine rings is 1. The second-order valence-electron chi connectivity index (χ2n) is 6.31. The van der Waals surface area contributed by atoms with E-state index in [1.807, 2.05) is 4.90 Å². The zero-order valence-electron chi connectivity index (χ0n) is 13.3. The van der Waals surface area contributed by atoms with E-state index in [-0.39, 0.29) is 11.7 Å². The van der Waals surface area contributed by atoms with Crippen LogP contribution < -0.4 is 4.90 Å². The van der Waals surface area contributed by atoms with Crippen molar-refractivity contribution in [1.82, 2.24) is 10.0 Å². The predicted octanol–water partition coefficient (Wildman–Crippen LogP) is 2.38. The summed E-state index contributed by atoms with van der Waals surface area (Å²) >= 11 is 3.19. The first kappa shape index (κ1) is 17.6. The lowest BCUT2D eigenvalue weighted by molar-refractivity contribution is -0.384. The van der Waals surface area contributed by atoms with E-state index in [0.717, 1.165) is 0 Å². The standard InChI is InChI=1S/C14H19BrN4O4/c1-14(2,3)13(20)23-18-6-4-17(5-7-18)12-9-10(19(21)22)8-11(15)16-12/h8-9H,4-7H2,1-3H3. The Balaban J connectivity index is 1.99. The number of halogens is 1. The third kappa shape index (κ3) is 4.61. The average Bonchev–Trinajstić information content (AvgIpc) is 2.46. The van der Waals surface area contributed by atoms with Crippen molar-refractivity contribution in [2.45, 2.75) is 20.8 Å². The van der Waals surface area contributed by atoms with Crippen LogP contribution in [0.3, 0.4) is 0 Å². The molecule has 1 fully saturated rings. The molecule has 2 heterocycles. The molecule has 1 aliphatic rings. The van der Waals surface area contributed by atoms with Gasteiger partial charge < -0.3 is 9.74 Å². The van der Waals surface area contributed by atoms with Crippen LogP contribution in [0.1, 0.15) is 20.8 Å². The quantitative estimate of drug-likeness (QED) is 0.447. The number of hydroxylamine groups is 2. The van der Waals surface area contributed by atoms with Gasteiger partial charge in [-0.3, -0.25) is 10.1 Å². The molecule has 1 saturated heterocycles. The number of pyridine rings is 1. The number of hydrogen-bond donors (Lipinski definition) is 0. The highest BCUT2D eigenvalue weighted by atomic mass is 79.9. The van der Waals surface area contributed by atoms with Gasteiger partial charge in [0.05, 0.1) is 29.5 Å². The summed E-state index contributed by atoms with van der Waals surface area (Å²) in [5.41, 5.74) is -0.563. The molecule has 0 unspecified atom stereocenters. The lowest BCUT2D eigenvalue weighted by Crippen LogP contribution is -2.48. The summed E-state index contributed by atoms with van der Waals surface area (Å²) in [6.07, 6.45) is 0. The van der Waals surface area contributed by atoms with Crippen molar-refractivity contribution in [2.24, 2.45) is 5.41 Å². The van der Waals surface area contributed by atoms with Gasteiger partial charge in [0.2, 0.25) is 0 Å². The smallest absolute Gasteiger partial charge is 0.330 e. The summed E-state index contributed by atoms with van der Waals surface area (Å²) in [4.78, 5) is 33.9. The van der Waals surface area contributed by atoms with Crippen LogP contribution >= 0.6 is 15.9 Å². The zero-order chi connectivity index (χ0) is 17.2. The number of nitro groups is 1. The van der Waals surface area contributed by atoms with Gasteiger partial charge in [0, 0.05) is 19.2 Å². The van der Waals surface area contributed by atoms with Gasteiger partial charge >= 0.3 is 5.97 Å². The highest BCUT2D eigenvalue weighted by Crippen LogP contribution is 2.24. The fourth-order valence-corrected chi connectivity index (χ4v) is 2.42. The van der Waals surface area contributed by atoms with E-state index in [1.54, 1.807) is 25.8 Å². The Bertz CT molecular complexity index is 609. The molecular formula is C14H19BrN4O4. The predicted molar refractivity (Wildman–Crippen MR) is 87.9 cm³/mol. The Morgan fingerprint density at radius 1 is 1.30 bits per heavy atom. The van der Waals surface area contributed by atoms with E-state index in [4.69, 9.17) is 4.84 Å². The zero-order valence-corrected chi connectivity index (χ0v) is 14.9. The molecule has 9 heteroatoms. The van der Waals surface area contributed by atoms with Crippen LogP contribution in [-0.4, -0.2) is 47.1 Å². The SMILES string of the molecule is CC(C)(C)C(=O)ON1CCN(c2cc([N+](=O)[O-])cc(Br)n2)CC1. The van der Waals surface area contributed by atoms with Crippen LogP contribution in [0.25, 0.3) is 0 Å². The molecule has 0 amide bonds. The van der Waals surface area contributed by atoms with Gasteiger partial charge in [-0.1, -0.05) is 0 Å². The fourth-order valence-electron chi connectivity index (χ4n) is 2.00. The minimum atomic E-state index is -0.552. The third-order valence-corrected chi connectivity index (χ3v) is 3.77. The summed E-state index contributed by atoms with van der Waals surface area (Å²) in [5, 5.41) is 12.5. The number of rotatable bonds is 3. The molecule has 2 rings (SSSR count). The minimum absolute atomic E-state index is 0.0107.